The molecule has 2 heterocycles. The first-order valence-corrected chi connectivity index (χ1v) is 9.36. The summed E-state index contributed by atoms with van der Waals surface area (Å²) in [6, 6.07) is 20.6. The van der Waals surface area contributed by atoms with E-state index in [-0.39, 0.29) is 0 Å². The number of oxazole rings is 1. The van der Waals surface area contributed by atoms with Crippen molar-refractivity contribution in [2.45, 2.75) is 12.8 Å². The highest BCUT2D eigenvalue weighted by Gasteiger charge is 2.12. The number of aliphatic imine (C=N–C) groups is 1. The molecule has 3 aromatic carbocycles. The fraction of sp³-hybridized carbons (Fsp3) is 0.130. The number of allylic oxidation sites excluding steroid dienone is 1. The molecule has 0 atom stereocenters. The van der Waals surface area contributed by atoms with Gasteiger partial charge in [0.2, 0.25) is 0 Å². The smallest absolute Gasteiger partial charge is 0.408 e. The molecule has 0 radical (unpaired) electrons. The van der Waals surface area contributed by atoms with Crippen molar-refractivity contribution in [2.75, 3.05) is 11.4 Å². The fourth-order valence-corrected chi connectivity index (χ4v) is 3.69. The van der Waals surface area contributed by atoms with E-state index in [0.29, 0.717) is 5.58 Å². The number of aryl methyl sites for hydroxylation is 1. The lowest BCUT2D eigenvalue weighted by Crippen LogP contribution is -2.22. The minimum atomic E-state index is -0.419. The second-order valence-electron chi connectivity index (χ2n) is 6.93. The third-order valence-electron chi connectivity index (χ3n) is 5.07. The van der Waals surface area contributed by atoms with E-state index in [1.165, 1.54) is 16.5 Å². The molecule has 4 aromatic rings. The number of fused-ring (bicyclic) bond motifs is 2. The zero-order chi connectivity index (χ0) is 18.9. The van der Waals surface area contributed by atoms with Crippen molar-refractivity contribution >= 4 is 33.8 Å². The van der Waals surface area contributed by atoms with E-state index in [1.54, 1.807) is 0 Å². The van der Waals surface area contributed by atoms with E-state index in [1.807, 2.05) is 24.4 Å². The van der Waals surface area contributed by atoms with Crippen molar-refractivity contribution in [1.29, 1.82) is 0 Å². The third kappa shape index (κ3) is 3.11. The standard InChI is InChI=1S/C23H19N3O2/c27-23-25-20-11-9-16(14-22(20)28-23)8-10-18-15-26(13-12-24-18)21-7-3-5-17-4-1-2-6-19(17)21/h1-7,9,11-12,14-15H,8,10,13H2,(H,25,27). The lowest BCUT2D eigenvalue weighted by molar-refractivity contribution is 0.555. The van der Waals surface area contributed by atoms with Crippen LogP contribution in [0.1, 0.15) is 12.0 Å². The molecular weight excluding hydrogens is 350 g/mol. The SMILES string of the molecule is O=c1[nH]c2ccc(CCC3=CN(c4cccc5ccccc45)CC=N3)cc2o1. The van der Waals surface area contributed by atoms with Crippen LogP contribution in [0.25, 0.3) is 21.9 Å². The van der Waals surface area contributed by atoms with Gasteiger partial charge in [-0.3, -0.25) is 9.98 Å². The van der Waals surface area contributed by atoms with Crippen LogP contribution in [0.15, 0.2) is 86.8 Å². The molecule has 28 heavy (non-hydrogen) atoms. The van der Waals surface area contributed by atoms with E-state index >= 15 is 0 Å². The summed E-state index contributed by atoms with van der Waals surface area (Å²) in [5.41, 5.74) is 4.67. The van der Waals surface area contributed by atoms with Gasteiger partial charge in [0.25, 0.3) is 0 Å². The van der Waals surface area contributed by atoms with Gasteiger partial charge in [-0.15, -0.1) is 0 Å². The Morgan fingerprint density at radius 3 is 2.89 bits per heavy atom. The number of H-pyrrole nitrogens is 1. The largest absolute Gasteiger partial charge is 0.417 e. The summed E-state index contributed by atoms with van der Waals surface area (Å²) in [7, 11) is 0. The number of rotatable bonds is 4. The molecule has 5 rings (SSSR count). The van der Waals surface area contributed by atoms with Crippen LogP contribution < -0.4 is 10.7 Å². The topological polar surface area (TPSA) is 61.6 Å². The monoisotopic (exact) mass is 369 g/mol. The van der Waals surface area contributed by atoms with Crippen LogP contribution in [0.4, 0.5) is 5.69 Å². The lowest BCUT2D eigenvalue weighted by atomic mass is 10.1. The Hall–Kier alpha value is -3.60. The molecule has 5 heteroatoms. The number of hydrogen-bond donors (Lipinski definition) is 1. The van der Waals surface area contributed by atoms with E-state index in [4.69, 9.17) is 4.42 Å². The number of nitrogens with zero attached hydrogens (tertiary/aromatic N) is 2. The molecule has 0 unspecified atom stereocenters. The van der Waals surface area contributed by atoms with Crippen LogP contribution >= 0.6 is 0 Å². The molecule has 0 saturated heterocycles. The summed E-state index contributed by atoms with van der Waals surface area (Å²) >= 11 is 0. The summed E-state index contributed by atoms with van der Waals surface area (Å²) in [5.74, 6) is -0.419. The lowest BCUT2D eigenvalue weighted by Gasteiger charge is -2.24. The number of aromatic amines is 1. The molecule has 1 N–H and O–H groups in total. The number of anilines is 1. The highest BCUT2D eigenvalue weighted by Crippen LogP contribution is 2.28. The number of hydrogen-bond acceptors (Lipinski definition) is 4. The Labute approximate surface area is 161 Å². The van der Waals surface area contributed by atoms with Crippen molar-refractivity contribution in [1.82, 2.24) is 4.98 Å². The maximum atomic E-state index is 11.3. The number of benzene rings is 3. The zero-order valence-corrected chi connectivity index (χ0v) is 15.3. The molecule has 1 aliphatic rings. The van der Waals surface area contributed by atoms with Gasteiger partial charge in [-0.2, -0.15) is 0 Å². The molecule has 1 aliphatic heterocycles. The molecule has 0 amide bonds. The van der Waals surface area contributed by atoms with Crippen LogP contribution in [0, 0.1) is 0 Å². The summed E-state index contributed by atoms with van der Waals surface area (Å²) < 4.78 is 5.15. The highest BCUT2D eigenvalue weighted by atomic mass is 16.4. The molecule has 0 spiro atoms. The van der Waals surface area contributed by atoms with Crippen LogP contribution in [0.2, 0.25) is 0 Å². The van der Waals surface area contributed by atoms with E-state index in [9.17, 15) is 4.79 Å². The Morgan fingerprint density at radius 1 is 1.04 bits per heavy atom. The van der Waals surface area contributed by atoms with Crippen molar-refractivity contribution in [2.24, 2.45) is 4.99 Å². The van der Waals surface area contributed by atoms with Gasteiger partial charge in [-0.1, -0.05) is 42.5 Å². The van der Waals surface area contributed by atoms with Crippen LogP contribution in [0.5, 0.6) is 0 Å². The number of nitrogens with one attached hydrogen (secondary N) is 1. The van der Waals surface area contributed by atoms with Gasteiger partial charge in [0, 0.05) is 23.5 Å². The quantitative estimate of drug-likeness (QED) is 0.570. The van der Waals surface area contributed by atoms with Gasteiger partial charge in [0.1, 0.15) is 0 Å². The highest BCUT2D eigenvalue weighted by molar-refractivity contribution is 5.95. The Balaban J connectivity index is 1.38. The molecule has 0 fully saturated rings. The second-order valence-corrected chi connectivity index (χ2v) is 6.93. The third-order valence-corrected chi connectivity index (χ3v) is 5.07. The number of aromatic nitrogens is 1. The summed E-state index contributed by atoms with van der Waals surface area (Å²) in [6.07, 6.45) is 5.75. The van der Waals surface area contributed by atoms with Gasteiger partial charge in [0.15, 0.2) is 5.58 Å². The first-order valence-electron chi connectivity index (χ1n) is 9.36. The van der Waals surface area contributed by atoms with Gasteiger partial charge < -0.3 is 9.32 Å². The van der Waals surface area contributed by atoms with Crippen molar-refractivity contribution in [3.05, 3.63) is 88.7 Å². The molecule has 0 aliphatic carbocycles. The minimum Gasteiger partial charge on any atom is -0.408 e. The molecule has 0 saturated carbocycles. The molecular formula is C23H19N3O2. The average Bonchev–Trinajstić information content (AvgIpc) is 3.11. The summed E-state index contributed by atoms with van der Waals surface area (Å²) in [4.78, 5) is 20.8. The minimum absolute atomic E-state index is 0.419. The summed E-state index contributed by atoms with van der Waals surface area (Å²) in [5, 5.41) is 2.47. The Kier molecular flexibility index (Phi) is 4.05. The summed E-state index contributed by atoms with van der Waals surface area (Å²) in [6.45, 7) is 0.762. The first-order chi connectivity index (χ1) is 13.8. The van der Waals surface area contributed by atoms with E-state index in [0.717, 1.165) is 36.2 Å². The van der Waals surface area contributed by atoms with Crippen molar-refractivity contribution in [3.63, 3.8) is 0 Å². The Bertz CT molecular complexity index is 1270. The van der Waals surface area contributed by atoms with E-state index in [2.05, 4.69) is 63.5 Å². The normalized spacial score (nSPS) is 14.0. The van der Waals surface area contributed by atoms with Gasteiger partial charge in [0.05, 0.1) is 17.8 Å². The maximum Gasteiger partial charge on any atom is 0.417 e. The second kappa shape index (κ2) is 6.85. The predicted octanol–water partition coefficient (Wildman–Crippen LogP) is 4.64. The average molecular weight is 369 g/mol. The maximum absolute atomic E-state index is 11.3. The Morgan fingerprint density at radius 2 is 1.93 bits per heavy atom. The molecule has 5 nitrogen and oxygen atoms in total. The van der Waals surface area contributed by atoms with Gasteiger partial charge in [-0.25, -0.2) is 4.79 Å². The predicted molar refractivity (Wildman–Crippen MR) is 113 cm³/mol. The zero-order valence-electron chi connectivity index (χ0n) is 15.3. The van der Waals surface area contributed by atoms with Gasteiger partial charge in [-0.05, 0) is 42.0 Å². The van der Waals surface area contributed by atoms with Crippen molar-refractivity contribution < 1.29 is 4.42 Å². The van der Waals surface area contributed by atoms with Crippen LogP contribution in [-0.2, 0) is 6.42 Å². The van der Waals surface area contributed by atoms with Crippen molar-refractivity contribution in [3.8, 4) is 0 Å². The van der Waals surface area contributed by atoms with Gasteiger partial charge >= 0.3 is 5.76 Å². The van der Waals surface area contributed by atoms with E-state index < -0.39 is 5.76 Å². The van der Waals surface area contributed by atoms with Crippen LogP contribution in [-0.4, -0.2) is 17.7 Å². The molecule has 138 valence electrons. The fourth-order valence-electron chi connectivity index (χ4n) is 3.69. The molecule has 0 bridgehead atoms. The first kappa shape index (κ1) is 16.6. The molecule has 1 aromatic heterocycles. The van der Waals surface area contributed by atoms with Crippen LogP contribution in [0.3, 0.4) is 0 Å².